The minimum Gasteiger partial charge on any atom is -0.493 e. The second-order valence-corrected chi connectivity index (χ2v) is 5.88. The number of ether oxygens (including phenoxy) is 1. The van der Waals surface area contributed by atoms with Gasteiger partial charge in [0.2, 0.25) is 0 Å². The largest absolute Gasteiger partial charge is 0.493 e. The number of fused-ring (bicyclic) bond motifs is 3. The van der Waals surface area contributed by atoms with Gasteiger partial charge in [-0.1, -0.05) is 6.07 Å². The van der Waals surface area contributed by atoms with Gasteiger partial charge in [-0.3, -0.25) is 4.79 Å². The van der Waals surface area contributed by atoms with Crippen LogP contribution in [-0.2, 0) is 17.6 Å². The highest BCUT2D eigenvalue weighted by Gasteiger charge is 2.33. The lowest BCUT2D eigenvalue weighted by atomic mass is 9.92. The fourth-order valence-corrected chi connectivity index (χ4v) is 3.35. The van der Waals surface area contributed by atoms with Crippen LogP contribution in [0.25, 0.3) is 0 Å². The Balaban J connectivity index is 1.66. The second-order valence-electron chi connectivity index (χ2n) is 5.88. The van der Waals surface area contributed by atoms with E-state index in [0.29, 0.717) is 19.3 Å². The van der Waals surface area contributed by atoms with Crippen molar-refractivity contribution < 1.29 is 18.3 Å². The van der Waals surface area contributed by atoms with Crippen molar-refractivity contribution in [3.05, 3.63) is 28.8 Å². The molecule has 0 fully saturated rings. The van der Waals surface area contributed by atoms with Crippen molar-refractivity contribution >= 4 is 5.91 Å². The molecule has 3 rings (SSSR count). The first-order valence-corrected chi connectivity index (χ1v) is 7.40. The Morgan fingerprint density at radius 3 is 3.00 bits per heavy atom. The molecule has 21 heavy (non-hydrogen) atoms. The Kier molecular flexibility index (Phi) is 3.59. The van der Waals surface area contributed by atoms with Gasteiger partial charge in [0.25, 0.3) is 5.91 Å². The number of alkyl halides is 2. The average molecular weight is 295 g/mol. The van der Waals surface area contributed by atoms with E-state index in [2.05, 4.69) is 11.4 Å². The van der Waals surface area contributed by atoms with E-state index in [9.17, 15) is 13.6 Å². The number of aryl methyl sites for hydroxylation is 1. The van der Waals surface area contributed by atoms with E-state index in [-0.39, 0.29) is 6.54 Å². The van der Waals surface area contributed by atoms with E-state index < -0.39 is 11.8 Å². The standard InChI is InChI=1S/C16H19F2NO2/c1-16(17,18)15(20)19-8-6-11-3-2-10-4-5-13-12(14(10)11)7-9-21-13/h4-5,11H,2-3,6-9H2,1H3,(H,19,20). The monoisotopic (exact) mass is 295 g/mol. The van der Waals surface area contributed by atoms with E-state index in [0.717, 1.165) is 31.6 Å². The number of carbonyl (C=O) groups excluding carboxylic acids is 1. The fourth-order valence-electron chi connectivity index (χ4n) is 3.35. The molecule has 0 spiro atoms. The molecule has 0 radical (unpaired) electrons. The van der Waals surface area contributed by atoms with Gasteiger partial charge in [-0.2, -0.15) is 8.78 Å². The van der Waals surface area contributed by atoms with Gasteiger partial charge in [0, 0.05) is 25.5 Å². The predicted octanol–water partition coefficient (Wildman–Crippen LogP) is 2.81. The summed E-state index contributed by atoms with van der Waals surface area (Å²) in [5.41, 5.74) is 3.96. The number of hydrogen-bond acceptors (Lipinski definition) is 2. The lowest BCUT2D eigenvalue weighted by molar-refractivity contribution is -0.143. The van der Waals surface area contributed by atoms with Crippen molar-refractivity contribution in [1.29, 1.82) is 0 Å². The molecule has 1 aromatic carbocycles. The van der Waals surface area contributed by atoms with E-state index in [1.165, 1.54) is 16.7 Å². The highest BCUT2D eigenvalue weighted by Crippen LogP contribution is 2.43. The summed E-state index contributed by atoms with van der Waals surface area (Å²) < 4.78 is 31.2. The first-order chi connectivity index (χ1) is 9.97. The predicted molar refractivity (Wildman–Crippen MR) is 75.0 cm³/mol. The van der Waals surface area contributed by atoms with Crippen molar-refractivity contribution in [3.63, 3.8) is 0 Å². The molecule has 1 aliphatic carbocycles. The van der Waals surface area contributed by atoms with Crippen molar-refractivity contribution in [2.45, 2.75) is 44.4 Å². The molecule has 5 heteroatoms. The Labute approximate surface area is 122 Å². The number of amides is 1. The molecule has 1 heterocycles. The molecule has 2 aliphatic rings. The topological polar surface area (TPSA) is 38.3 Å². The summed E-state index contributed by atoms with van der Waals surface area (Å²) in [5, 5.41) is 2.33. The van der Waals surface area contributed by atoms with Crippen LogP contribution in [0.1, 0.15) is 42.4 Å². The van der Waals surface area contributed by atoms with Gasteiger partial charge in [0.1, 0.15) is 5.75 Å². The lowest BCUT2D eigenvalue weighted by Crippen LogP contribution is -2.38. The summed E-state index contributed by atoms with van der Waals surface area (Å²) >= 11 is 0. The molecule has 1 aliphatic heterocycles. The van der Waals surface area contributed by atoms with Crippen molar-refractivity contribution in [1.82, 2.24) is 5.32 Å². The molecule has 3 nitrogen and oxygen atoms in total. The molecule has 0 bridgehead atoms. The van der Waals surface area contributed by atoms with Gasteiger partial charge in [-0.05, 0) is 42.4 Å². The minimum atomic E-state index is -3.30. The van der Waals surface area contributed by atoms with Gasteiger partial charge in [0.05, 0.1) is 6.61 Å². The first-order valence-electron chi connectivity index (χ1n) is 7.40. The number of hydrogen-bond donors (Lipinski definition) is 1. The molecule has 1 N–H and O–H groups in total. The zero-order valence-corrected chi connectivity index (χ0v) is 12.0. The maximum atomic E-state index is 12.8. The van der Waals surface area contributed by atoms with E-state index >= 15 is 0 Å². The Bertz CT molecular complexity index is 566. The Morgan fingerprint density at radius 1 is 1.43 bits per heavy atom. The summed E-state index contributed by atoms with van der Waals surface area (Å²) in [6.45, 7) is 1.63. The van der Waals surface area contributed by atoms with E-state index in [1.54, 1.807) is 0 Å². The maximum Gasteiger partial charge on any atom is 0.321 e. The zero-order valence-electron chi connectivity index (χ0n) is 12.0. The molecule has 1 unspecified atom stereocenters. The zero-order chi connectivity index (χ0) is 15.0. The molecule has 1 atom stereocenters. The van der Waals surface area contributed by atoms with Gasteiger partial charge in [-0.15, -0.1) is 0 Å². The third kappa shape index (κ3) is 2.74. The van der Waals surface area contributed by atoms with Crippen LogP contribution >= 0.6 is 0 Å². The SMILES string of the molecule is CC(F)(F)C(=O)NCCC1CCc2ccc3c(c21)CCO3. The average Bonchev–Trinajstić information content (AvgIpc) is 3.02. The number of nitrogens with one attached hydrogen (secondary N) is 1. The molecular weight excluding hydrogens is 276 g/mol. The molecule has 1 amide bonds. The molecular formula is C16H19F2NO2. The van der Waals surface area contributed by atoms with Crippen LogP contribution in [0.4, 0.5) is 8.78 Å². The molecule has 0 aromatic heterocycles. The number of benzene rings is 1. The quantitative estimate of drug-likeness (QED) is 0.927. The van der Waals surface area contributed by atoms with Crippen LogP contribution in [0.3, 0.4) is 0 Å². The normalized spacial score (nSPS) is 19.9. The van der Waals surface area contributed by atoms with Gasteiger partial charge in [-0.25, -0.2) is 0 Å². The highest BCUT2D eigenvalue weighted by molar-refractivity contribution is 5.82. The van der Waals surface area contributed by atoms with Crippen LogP contribution in [0.15, 0.2) is 12.1 Å². The highest BCUT2D eigenvalue weighted by atomic mass is 19.3. The fraction of sp³-hybridized carbons (Fsp3) is 0.562. The Morgan fingerprint density at radius 2 is 2.24 bits per heavy atom. The summed E-state index contributed by atoms with van der Waals surface area (Å²) in [7, 11) is 0. The van der Waals surface area contributed by atoms with Gasteiger partial charge in [0.15, 0.2) is 0 Å². The number of halogens is 2. The minimum absolute atomic E-state index is 0.289. The van der Waals surface area contributed by atoms with Gasteiger partial charge >= 0.3 is 5.92 Å². The van der Waals surface area contributed by atoms with E-state index in [4.69, 9.17) is 4.74 Å². The number of carbonyl (C=O) groups is 1. The third-order valence-corrected chi connectivity index (χ3v) is 4.36. The molecule has 0 saturated heterocycles. The van der Waals surface area contributed by atoms with E-state index in [1.807, 2.05) is 6.07 Å². The van der Waals surface area contributed by atoms with Crippen LogP contribution in [0.2, 0.25) is 0 Å². The summed E-state index contributed by atoms with van der Waals surface area (Å²) in [6.07, 6.45) is 3.66. The van der Waals surface area contributed by atoms with Crippen LogP contribution in [0.5, 0.6) is 5.75 Å². The number of rotatable bonds is 4. The van der Waals surface area contributed by atoms with Crippen LogP contribution in [-0.4, -0.2) is 25.0 Å². The summed E-state index contributed by atoms with van der Waals surface area (Å²) in [6, 6.07) is 4.14. The third-order valence-electron chi connectivity index (χ3n) is 4.36. The van der Waals surface area contributed by atoms with Crippen molar-refractivity contribution in [3.8, 4) is 5.75 Å². The first kappa shape index (κ1) is 14.3. The van der Waals surface area contributed by atoms with Crippen molar-refractivity contribution in [2.24, 2.45) is 0 Å². The smallest absolute Gasteiger partial charge is 0.321 e. The summed E-state index contributed by atoms with van der Waals surface area (Å²) in [4.78, 5) is 11.2. The van der Waals surface area contributed by atoms with Crippen molar-refractivity contribution in [2.75, 3.05) is 13.2 Å². The molecule has 114 valence electrons. The summed E-state index contributed by atoms with van der Waals surface area (Å²) in [5.74, 6) is -3.20. The van der Waals surface area contributed by atoms with Gasteiger partial charge < -0.3 is 10.1 Å². The molecule has 1 aromatic rings. The maximum absolute atomic E-state index is 12.8. The molecule has 0 saturated carbocycles. The van der Waals surface area contributed by atoms with Crippen LogP contribution in [0, 0.1) is 0 Å². The van der Waals surface area contributed by atoms with Crippen LogP contribution < -0.4 is 10.1 Å². The Hall–Kier alpha value is -1.65. The second kappa shape index (κ2) is 5.28. The lowest BCUT2D eigenvalue weighted by Gasteiger charge is -2.16.